The molecule has 27 heavy (non-hydrogen) atoms. The molecule has 6 heteroatoms. The van der Waals surface area contributed by atoms with Gasteiger partial charge in [0, 0.05) is 13.0 Å². The van der Waals surface area contributed by atoms with Gasteiger partial charge in [0.15, 0.2) is 0 Å². The van der Waals surface area contributed by atoms with Crippen molar-refractivity contribution in [2.75, 3.05) is 24.1 Å². The first-order valence-corrected chi connectivity index (χ1v) is 9.30. The van der Waals surface area contributed by atoms with Crippen molar-refractivity contribution in [1.82, 2.24) is 5.53 Å². The number of hydrogen-bond donors (Lipinski definition) is 2. The summed E-state index contributed by atoms with van der Waals surface area (Å²) in [4.78, 5) is 12.3. The molecule has 0 aromatic heterocycles. The fourth-order valence-electron chi connectivity index (χ4n) is 3.65. The number of ether oxygens (including phenoxy) is 1. The number of nitrogens with zero attached hydrogens (tertiary/aromatic N) is 1. The minimum absolute atomic E-state index is 0.0899. The molecule has 3 rings (SSSR count). The van der Waals surface area contributed by atoms with Crippen LogP contribution in [0.4, 0.5) is 11.4 Å². The van der Waals surface area contributed by atoms with Crippen molar-refractivity contribution in [3.63, 3.8) is 0 Å². The Morgan fingerprint density at radius 3 is 2.74 bits per heavy atom. The zero-order chi connectivity index (χ0) is 19.6. The number of rotatable bonds is 6. The van der Waals surface area contributed by atoms with Gasteiger partial charge in [-0.15, -0.1) is 5.53 Å². The first-order valence-electron chi connectivity index (χ1n) is 9.30. The van der Waals surface area contributed by atoms with E-state index in [0.29, 0.717) is 19.3 Å². The number of carbonyl (C=O) groups is 1. The van der Waals surface area contributed by atoms with E-state index < -0.39 is 0 Å². The quantitative estimate of drug-likeness (QED) is 0.609. The summed E-state index contributed by atoms with van der Waals surface area (Å²) in [6, 6.07) is 10.4. The van der Waals surface area contributed by atoms with E-state index in [1.165, 1.54) is 0 Å². The van der Waals surface area contributed by atoms with Crippen LogP contribution in [0.2, 0.25) is 0 Å². The highest BCUT2D eigenvalue weighted by atomic mass is 16.5. The summed E-state index contributed by atoms with van der Waals surface area (Å²) in [5.74, 6) is -0.284. The lowest BCUT2D eigenvalue weighted by atomic mass is 9.82. The second-order valence-electron chi connectivity index (χ2n) is 6.92. The Balaban J connectivity index is 2.07. The first kappa shape index (κ1) is 19.3. The summed E-state index contributed by atoms with van der Waals surface area (Å²) in [5.41, 5.74) is 14.0. The fraction of sp³-hybridized carbons (Fsp3) is 0.381. The minimum atomic E-state index is -0.194. The van der Waals surface area contributed by atoms with Gasteiger partial charge in [0.1, 0.15) is 0 Å². The molecule has 0 amide bonds. The predicted octanol–water partition coefficient (Wildman–Crippen LogP) is 3.34. The third-order valence-electron chi connectivity index (χ3n) is 5.24. The van der Waals surface area contributed by atoms with Gasteiger partial charge < -0.3 is 10.2 Å². The van der Waals surface area contributed by atoms with Gasteiger partial charge in [0.25, 0.3) is 0 Å². The van der Waals surface area contributed by atoms with E-state index in [2.05, 4.69) is 55.1 Å². The molecule has 0 saturated heterocycles. The molecular formula is C21H26BN3O2. The number of aryl methyl sites for hydroxylation is 1. The van der Waals surface area contributed by atoms with E-state index in [1.54, 1.807) is 0 Å². The van der Waals surface area contributed by atoms with Crippen LogP contribution in [0.5, 0.6) is 0 Å². The normalized spacial score (nSPS) is 13.9. The zero-order valence-electron chi connectivity index (χ0n) is 16.4. The minimum Gasteiger partial charge on any atom is -0.466 e. The molecule has 2 aromatic carbocycles. The van der Waals surface area contributed by atoms with Gasteiger partial charge >= 0.3 is 5.97 Å². The molecule has 140 valence electrons. The zero-order valence-corrected chi connectivity index (χ0v) is 16.4. The fourth-order valence-corrected chi connectivity index (χ4v) is 3.65. The lowest BCUT2D eigenvalue weighted by Crippen LogP contribution is -2.31. The van der Waals surface area contributed by atoms with Crippen molar-refractivity contribution < 1.29 is 9.53 Å². The van der Waals surface area contributed by atoms with Crippen molar-refractivity contribution in [2.24, 2.45) is 0 Å². The molecule has 0 aliphatic carbocycles. The second-order valence-corrected chi connectivity index (χ2v) is 6.92. The maximum absolute atomic E-state index is 12.3. The van der Waals surface area contributed by atoms with Gasteiger partial charge in [0.2, 0.25) is 0 Å². The molecule has 1 unspecified atom stereocenters. The molecule has 0 bridgehead atoms. The number of nitrogens with one attached hydrogen (secondary N) is 2. The standard InChI is InChI=1S/C21H26BN3O2/c1-5-27-20(26)11-18(15-7-6-13(2)16(10-15)12-22)17-8-9-19-21(14(17)3)23-24-25(19)4/h6-10,18,23-24H,5,11-12H2,1-4H3. The molecule has 1 atom stereocenters. The van der Waals surface area contributed by atoms with Crippen LogP contribution in [0, 0.1) is 13.8 Å². The summed E-state index contributed by atoms with van der Waals surface area (Å²) >= 11 is 0. The van der Waals surface area contributed by atoms with Crippen molar-refractivity contribution in [3.05, 3.63) is 58.1 Å². The van der Waals surface area contributed by atoms with E-state index in [-0.39, 0.29) is 11.9 Å². The van der Waals surface area contributed by atoms with Gasteiger partial charge in [-0.2, -0.15) is 0 Å². The van der Waals surface area contributed by atoms with Crippen LogP contribution >= 0.6 is 0 Å². The number of fused-ring (bicyclic) bond motifs is 1. The van der Waals surface area contributed by atoms with Gasteiger partial charge in [0.05, 0.1) is 32.2 Å². The SMILES string of the molecule is [B]Cc1cc(C(CC(=O)OCC)c2ccc3c(c2C)NNN3C)ccc1C. The molecule has 1 aliphatic heterocycles. The highest BCUT2D eigenvalue weighted by Crippen LogP contribution is 2.39. The lowest BCUT2D eigenvalue weighted by Gasteiger charge is -2.22. The molecule has 0 saturated carbocycles. The molecule has 0 spiro atoms. The highest BCUT2D eigenvalue weighted by Gasteiger charge is 2.26. The van der Waals surface area contributed by atoms with E-state index in [1.807, 2.05) is 19.0 Å². The maximum Gasteiger partial charge on any atom is 0.306 e. The summed E-state index contributed by atoms with van der Waals surface area (Å²) < 4.78 is 5.25. The van der Waals surface area contributed by atoms with Crippen LogP contribution in [0.1, 0.15) is 47.1 Å². The van der Waals surface area contributed by atoms with Gasteiger partial charge in [-0.1, -0.05) is 36.1 Å². The predicted molar refractivity (Wildman–Crippen MR) is 110 cm³/mol. The third kappa shape index (κ3) is 3.81. The van der Waals surface area contributed by atoms with E-state index >= 15 is 0 Å². The summed E-state index contributed by atoms with van der Waals surface area (Å²) in [7, 11) is 7.87. The van der Waals surface area contributed by atoms with Crippen LogP contribution in [0.3, 0.4) is 0 Å². The summed E-state index contributed by atoms with van der Waals surface area (Å²) in [5, 5.41) is 1.94. The van der Waals surface area contributed by atoms with Crippen LogP contribution < -0.4 is 16.0 Å². The molecule has 2 radical (unpaired) electrons. The van der Waals surface area contributed by atoms with Crippen LogP contribution in [0.25, 0.3) is 0 Å². The Morgan fingerprint density at radius 1 is 1.26 bits per heavy atom. The smallest absolute Gasteiger partial charge is 0.306 e. The van der Waals surface area contributed by atoms with Crippen molar-refractivity contribution >= 4 is 25.2 Å². The molecule has 2 aromatic rings. The summed E-state index contributed by atoms with van der Waals surface area (Å²) in [6.07, 6.45) is 0.773. The molecule has 1 aliphatic rings. The van der Waals surface area contributed by atoms with Gasteiger partial charge in [-0.3, -0.25) is 9.80 Å². The third-order valence-corrected chi connectivity index (χ3v) is 5.24. The van der Waals surface area contributed by atoms with Gasteiger partial charge in [-0.05, 0) is 49.1 Å². The van der Waals surface area contributed by atoms with Crippen molar-refractivity contribution in [1.29, 1.82) is 0 Å². The number of carbonyl (C=O) groups excluding carboxylic acids is 1. The Hall–Kier alpha value is -2.47. The molecular weight excluding hydrogens is 337 g/mol. The monoisotopic (exact) mass is 363 g/mol. The second kappa shape index (κ2) is 8.05. The number of hydrogen-bond acceptors (Lipinski definition) is 5. The molecule has 0 fully saturated rings. The molecule has 1 heterocycles. The van der Waals surface area contributed by atoms with Crippen molar-refractivity contribution in [2.45, 2.75) is 39.4 Å². The molecule has 5 nitrogen and oxygen atoms in total. The topological polar surface area (TPSA) is 53.6 Å². The Bertz CT molecular complexity index is 854. The highest BCUT2D eigenvalue weighted by molar-refractivity contribution is 6.08. The number of hydrazine groups is 2. The largest absolute Gasteiger partial charge is 0.466 e. The number of benzene rings is 2. The Morgan fingerprint density at radius 2 is 2.04 bits per heavy atom. The Kier molecular flexibility index (Phi) is 5.75. The lowest BCUT2D eigenvalue weighted by molar-refractivity contribution is -0.143. The Labute approximate surface area is 162 Å². The van der Waals surface area contributed by atoms with E-state index in [4.69, 9.17) is 12.6 Å². The van der Waals surface area contributed by atoms with Crippen LogP contribution in [0.15, 0.2) is 30.3 Å². The summed E-state index contributed by atoms with van der Waals surface area (Å²) in [6.45, 7) is 6.35. The maximum atomic E-state index is 12.3. The van der Waals surface area contributed by atoms with E-state index in [9.17, 15) is 4.79 Å². The average molecular weight is 363 g/mol. The molecule has 2 N–H and O–H groups in total. The average Bonchev–Trinajstić information content (AvgIpc) is 3.03. The van der Waals surface area contributed by atoms with Crippen molar-refractivity contribution in [3.8, 4) is 0 Å². The van der Waals surface area contributed by atoms with Gasteiger partial charge in [-0.25, -0.2) is 0 Å². The van der Waals surface area contributed by atoms with Crippen LogP contribution in [-0.4, -0.2) is 27.5 Å². The number of anilines is 2. The van der Waals surface area contributed by atoms with Crippen LogP contribution in [-0.2, 0) is 15.9 Å². The first-order chi connectivity index (χ1) is 13.0. The van der Waals surface area contributed by atoms with E-state index in [0.717, 1.165) is 39.2 Å². The number of esters is 1.